The smallest absolute Gasteiger partial charge is 0.134 e. The Morgan fingerprint density at radius 2 is 2.37 bits per heavy atom. The zero-order chi connectivity index (χ0) is 13.7. The third-order valence-electron chi connectivity index (χ3n) is 3.12. The molecule has 0 aliphatic heterocycles. The van der Waals surface area contributed by atoms with Gasteiger partial charge in [0.1, 0.15) is 5.75 Å². The van der Waals surface area contributed by atoms with E-state index < -0.39 is 0 Å². The van der Waals surface area contributed by atoms with E-state index in [0.29, 0.717) is 6.04 Å². The van der Waals surface area contributed by atoms with Crippen LogP contribution >= 0.6 is 11.3 Å². The number of hydrogen-bond acceptors (Lipinski definition) is 4. The fourth-order valence-electron chi connectivity index (χ4n) is 2.22. The van der Waals surface area contributed by atoms with Gasteiger partial charge in [0.2, 0.25) is 0 Å². The van der Waals surface area contributed by atoms with Crippen LogP contribution in [0.1, 0.15) is 29.8 Å². The van der Waals surface area contributed by atoms with Gasteiger partial charge in [0.05, 0.1) is 18.2 Å². The van der Waals surface area contributed by atoms with E-state index in [1.54, 1.807) is 18.4 Å². The summed E-state index contributed by atoms with van der Waals surface area (Å²) in [5.74, 6) is 0.988. The topological polar surface area (TPSA) is 39.1 Å². The van der Waals surface area contributed by atoms with Crippen LogP contribution in [0.15, 0.2) is 23.8 Å². The number of methoxy groups -OCH3 is 1. The highest BCUT2D eigenvalue weighted by Gasteiger charge is 2.16. The van der Waals surface area contributed by atoms with Gasteiger partial charge in [0.25, 0.3) is 0 Å². The number of aromatic nitrogens is 2. The molecule has 5 heteroatoms. The van der Waals surface area contributed by atoms with Crippen LogP contribution in [-0.4, -0.2) is 23.4 Å². The minimum absolute atomic E-state index is 0.347. The van der Waals surface area contributed by atoms with E-state index in [2.05, 4.69) is 28.9 Å². The van der Waals surface area contributed by atoms with Gasteiger partial charge in [0, 0.05) is 19.3 Å². The molecule has 0 amide bonds. The molecule has 0 aliphatic rings. The minimum atomic E-state index is 0.347. The molecule has 0 bridgehead atoms. The first kappa shape index (κ1) is 14.1. The van der Waals surface area contributed by atoms with Crippen molar-refractivity contribution in [3.05, 3.63) is 34.3 Å². The van der Waals surface area contributed by atoms with E-state index in [9.17, 15) is 0 Å². The Morgan fingerprint density at radius 3 is 3.00 bits per heavy atom. The third kappa shape index (κ3) is 3.58. The van der Waals surface area contributed by atoms with Gasteiger partial charge in [-0.1, -0.05) is 6.92 Å². The van der Waals surface area contributed by atoms with E-state index in [-0.39, 0.29) is 0 Å². The molecule has 4 nitrogen and oxygen atoms in total. The van der Waals surface area contributed by atoms with E-state index in [0.717, 1.165) is 25.1 Å². The van der Waals surface area contributed by atoms with E-state index in [1.807, 2.05) is 24.0 Å². The fourth-order valence-corrected chi connectivity index (χ4v) is 3.19. The van der Waals surface area contributed by atoms with Crippen LogP contribution in [0.4, 0.5) is 0 Å². The van der Waals surface area contributed by atoms with Gasteiger partial charge in [-0.2, -0.15) is 5.10 Å². The predicted molar refractivity (Wildman–Crippen MR) is 78.8 cm³/mol. The number of nitrogens with one attached hydrogen (secondary N) is 1. The lowest BCUT2D eigenvalue weighted by Crippen LogP contribution is -2.21. The number of rotatable bonds is 7. The molecule has 0 aromatic carbocycles. The lowest BCUT2D eigenvalue weighted by molar-refractivity contribution is 0.401. The van der Waals surface area contributed by atoms with Crippen molar-refractivity contribution in [1.29, 1.82) is 0 Å². The fraction of sp³-hybridized carbons (Fsp3) is 0.500. The number of hydrogen-bond donors (Lipinski definition) is 1. The molecule has 0 aliphatic carbocycles. The number of aryl methyl sites for hydroxylation is 2. The summed E-state index contributed by atoms with van der Waals surface area (Å²) in [5, 5.41) is 9.84. The third-order valence-corrected chi connectivity index (χ3v) is 4.14. The molecular formula is C14H21N3OS. The highest BCUT2D eigenvalue weighted by molar-refractivity contribution is 7.10. The Balaban J connectivity index is 2.03. The molecule has 2 aromatic heterocycles. The second-order valence-corrected chi connectivity index (χ2v) is 5.47. The van der Waals surface area contributed by atoms with Crippen molar-refractivity contribution in [2.24, 2.45) is 7.05 Å². The first-order chi connectivity index (χ1) is 9.24. The molecule has 0 saturated carbocycles. The van der Waals surface area contributed by atoms with Gasteiger partial charge in [-0.05, 0) is 36.4 Å². The summed E-state index contributed by atoms with van der Waals surface area (Å²) in [5.41, 5.74) is 1.28. The van der Waals surface area contributed by atoms with Crippen molar-refractivity contribution in [3.63, 3.8) is 0 Å². The molecule has 2 heterocycles. The van der Waals surface area contributed by atoms with E-state index in [4.69, 9.17) is 4.74 Å². The number of nitrogens with zero attached hydrogens (tertiary/aromatic N) is 2. The Bertz CT molecular complexity index is 506. The number of ether oxygens (including phenoxy) is 1. The number of thiophene rings is 1. The summed E-state index contributed by atoms with van der Waals surface area (Å²) in [7, 11) is 3.68. The summed E-state index contributed by atoms with van der Waals surface area (Å²) in [6.07, 6.45) is 6.09. The summed E-state index contributed by atoms with van der Waals surface area (Å²) >= 11 is 1.75. The lowest BCUT2D eigenvalue weighted by Gasteiger charge is -2.17. The summed E-state index contributed by atoms with van der Waals surface area (Å²) < 4.78 is 7.27. The highest BCUT2D eigenvalue weighted by Crippen LogP contribution is 2.33. The molecule has 104 valence electrons. The molecule has 2 aromatic rings. The Hall–Kier alpha value is -1.33. The Morgan fingerprint density at radius 1 is 1.53 bits per heavy atom. The summed E-state index contributed by atoms with van der Waals surface area (Å²) in [4.78, 5) is 1.29. The lowest BCUT2D eigenvalue weighted by atomic mass is 10.1. The zero-order valence-corrected chi connectivity index (χ0v) is 12.5. The maximum Gasteiger partial charge on any atom is 0.134 e. The summed E-state index contributed by atoms with van der Waals surface area (Å²) in [6, 6.07) is 2.38. The molecule has 0 saturated heterocycles. The van der Waals surface area contributed by atoms with Crippen LogP contribution in [0.25, 0.3) is 0 Å². The van der Waals surface area contributed by atoms with Gasteiger partial charge in [0.15, 0.2) is 0 Å². The second kappa shape index (κ2) is 6.73. The first-order valence-electron chi connectivity index (χ1n) is 6.56. The highest BCUT2D eigenvalue weighted by atomic mass is 32.1. The normalized spacial score (nSPS) is 12.6. The van der Waals surface area contributed by atoms with Crippen molar-refractivity contribution < 1.29 is 4.74 Å². The van der Waals surface area contributed by atoms with E-state index >= 15 is 0 Å². The molecular weight excluding hydrogens is 258 g/mol. The predicted octanol–water partition coefficient (Wildman–Crippen LogP) is 2.77. The molecule has 19 heavy (non-hydrogen) atoms. The van der Waals surface area contributed by atoms with Crippen molar-refractivity contribution in [2.45, 2.75) is 25.8 Å². The van der Waals surface area contributed by atoms with Crippen molar-refractivity contribution in [3.8, 4) is 5.75 Å². The monoisotopic (exact) mass is 279 g/mol. The summed E-state index contributed by atoms with van der Waals surface area (Å²) in [6.45, 7) is 3.09. The maximum absolute atomic E-state index is 5.42. The first-order valence-corrected chi connectivity index (χ1v) is 7.44. The standard InChI is InChI=1S/C14H21N3OS/c1-4-15-12(14-13(18-3)7-8-19-14)6-5-11-9-16-17(2)10-11/h7-10,12,15H,4-6H2,1-3H3. The van der Waals surface area contributed by atoms with Crippen LogP contribution in [0.3, 0.4) is 0 Å². The van der Waals surface area contributed by atoms with Gasteiger partial charge < -0.3 is 10.1 Å². The Labute approximate surface area is 118 Å². The van der Waals surface area contributed by atoms with E-state index in [1.165, 1.54) is 10.4 Å². The molecule has 1 unspecified atom stereocenters. The van der Waals surface area contributed by atoms with Gasteiger partial charge in [-0.3, -0.25) is 4.68 Å². The molecule has 2 rings (SSSR count). The second-order valence-electron chi connectivity index (χ2n) is 4.52. The minimum Gasteiger partial charge on any atom is -0.496 e. The van der Waals surface area contributed by atoms with Gasteiger partial charge in [-0.15, -0.1) is 11.3 Å². The van der Waals surface area contributed by atoms with Gasteiger partial charge >= 0.3 is 0 Å². The average molecular weight is 279 g/mol. The van der Waals surface area contributed by atoms with Crippen LogP contribution in [-0.2, 0) is 13.5 Å². The molecule has 0 fully saturated rings. The molecule has 0 spiro atoms. The van der Waals surface area contributed by atoms with Crippen LogP contribution in [0, 0.1) is 0 Å². The van der Waals surface area contributed by atoms with Crippen LogP contribution < -0.4 is 10.1 Å². The van der Waals surface area contributed by atoms with Crippen molar-refractivity contribution >= 4 is 11.3 Å². The van der Waals surface area contributed by atoms with Crippen LogP contribution in [0.2, 0.25) is 0 Å². The zero-order valence-electron chi connectivity index (χ0n) is 11.7. The van der Waals surface area contributed by atoms with Crippen molar-refractivity contribution in [1.82, 2.24) is 15.1 Å². The quantitative estimate of drug-likeness (QED) is 0.847. The molecule has 1 N–H and O–H groups in total. The average Bonchev–Trinajstić information content (AvgIpc) is 3.03. The molecule has 0 radical (unpaired) electrons. The largest absolute Gasteiger partial charge is 0.496 e. The van der Waals surface area contributed by atoms with Crippen LogP contribution in [0.5, 0.6) is 5.75 Å². The maximum atomic E-state index is 5.42. The SMILES string of the molecule is CCNC(CCc1cnn(C)c1)c1sccc1OC. The van der Waals surface area contributed by atoms with Crippen molar-refractivity contribution in [2.75, 3.05) is 13.7 Å². The Kier molecular flexibility index (Phi) is 4.99. The molecule has 1 atom stereocenters. The van der Waals surface area contributed by atoms with Gasteiger partial charge in [-0.25, -0.2) is 0 Å².